The predicted molar refractivity (Wildman–Crippen MR) is 74.3 cm³/mol. The van der Waals surface area contributed by atoms with E-state index in [1.807, 2.05) is 0 Å². The van der Waals surface area contributed by atoms with Gasteiger partial charge in [-0.1, -0.05) is 6.42 Å². The molecule has 0 saturated carbocycles. The van der Waals surface area contributed by atoms with E-state index in [0.717, 1.165) is 13.1 Å². The summed E-state index contributed by atoms with van der Waals surface area (Å²) in [5.74, 6) is 0. The van der Waals surface area contributed by atoms with Crippen molar-refractivity contribution in [2.45, 2.75) is 32.2 Å². The fourth-order valence-corrected chi connectivity index (χ4v) is 2.43. The van der Waals surface area contributed by atoms with Gasteiger partial charge in [-0.25, -0.2) is 0 Å². The molecule has 1 fully saturated rings. The number of nitrogens with one attached hydrogen (secondary N) is 1. The minimum absolute atomic E-state index is 0.0355. The van der Waals surface area contributed by atoms with Crippen LogP contribution in [0.3, 0.4) is 0 Å². The van der Waals surface area contributed by atoms with E-state index in [1.54, 1.807) is 12.3 Å². The maximum absolute atomic E-state index is 10.9. The Balaban J connectivity index is 1.92. The second-order valence-electron chi connectivity index (χ2n) is 4.98. The summed E-state index contributed by atoms with van der Waals surface area (Å²) in [7, 11) is 0. The Bertz CT molecular complexity index is 432. The Morgan fingerprint density at radius 3 is 2.89 bits per heavy atom. The average Bonchev–Trinajstić information content (AvgIpc) is 2.46. The van der Waals surface area contributed by atoms with Crippen molar-refractivity contribution in [3.8, 4) is 0 Å². The molecule has 0 aliphatic carbocycles. The molecule has 2 heterocycles. The largest absolute Gasteiger partial charge is 0.378 e. The quantitative estimate of drug-likeness (QED) is 0.652. The molecular formula is C13H20N4O2. The summed E-state index contributed by atoms with van der Waals surface area (Å²) < 4.78 is 0. The number of rotatable bonds is 5. The Hall–Kier alpha value is -1.69. The molecule has 6 nitrogen and oxygen atoms in total. The minimum atomic E-state index is -0.402. The molecule has 0 spiro atoms. The molecule has 1 aliphatic rings. The molecule has 0 aromatic carbocycles. The number of hydrogen-bond acceptors (Lipinski definition) is 5. The third-order valence-electron chi connectivity index (χ3n) is 3.60. The van der Waals surface area contributed by atoms with E-state index in [-0.39, 0.29) is 5.69 Å². The van der Waals surface area contributed by atoms with Crippen molar-refractivity contribution in [2.24, 2.45) is 0 Å². The van der Waals surface area contributed by atoms with Crippen LogP contribution < -0.4 is 5.32 Å². The molecule has 104 valence electrons. The van der Waals surface area contributed by atoms with Crippen LogP contribution in [0.2, 0.25) is 0 Å². The molecule has 0 amide bonds. The maximum atomic E-state index is 10.9. The molecule has 1 N–H and O–H groups in total. The Morgan fingerprint density at radius 2 is 2.21 bits per heavy atom. The lowest BCUT2D eigenvalue weighted by molar-refractivity contribution is -0.384. The third kappa shape index (κ3) is 3.64. The number of aromatic nitrogens is 1. The molecule has 1 aromatic rings. The van der Waals surface area contributed by atoms with Gasteiger partial charge in [0.25, 0.3) is 0 Å². The summed E-state index contributed by atoms with van der Waals surface area (Å²) >= 11 is 0. The number of nitro groups is 1. The normalized spacial score (nSPS) is 17.9. The predicted octanol–water partition coefficient (Wildman–Crippen LogP) is 2.28. The second kappa shape index (κ2) is 6.47. The summed E-state index contributed by atoms with van der Waals surface area (Å²) in [4.78, 5) is 16.7. The number of pyridine rings is 1. The van der Waals surface area contributed by atoms with Crippen molar-refractivity contribution in [1.29, 1.82) is 0 Å². The number of nitrogens with zero attached hydrogens (tertiary/aromatic N) is 3. The molecule has 6 heteroatoms. The molecule has 0 radical (unpaired) electrons. The fourth-order valence-electron chi connectivity index (χ4n) is 2.43. The van der Waals surface area contributed by atoms with Crippen LogP contribution in [-0.2, 0) is 0 Å². The lowest BCUT2D eigenvalue weighted by Gasteiger charge is -2.32. The molecular weight excluding hydrogens is 244 g/mol. The van der Waals surface area contributed by atoms with Crippen molar-refractivity contribution in [3.63, 3.8) is 0 Å². The van der Waals surface area contributed by atoms with Gasteiger partial charge in [0.05, 0.1) is 4.92 Å². The van der Waals surface area contributed by atoms with Crippen LogP contribution in [0, 0.1) is 10.1 Å². The topological polar surface area (TPSA) is 71.3 Å². The van der Waals surface area contributed by atoms with Crippen LogP contribution in [0.4, 0.5) is 11.4 Å². The smallest absolute Gasteiger partial charge is 0.310 e. The molecule has 1 saturated heterocycles. The molecule has 2 rings (SSSR count). The summed E-state index contributed by atoms with van der Waals surface area (Å²) in [6.45, 7) is 5.12. The van der Waals surface area contributed by atoms with E-state index < -0.39 is 4.92 Å². The first-order valence-corrected chi connectivity index (χ1v) is 6.75. The highest BCUT2D eigenvalue weighted by Crippen LogP contribution is 2.22. The van der Waals surface area contributed by atoms with E-state index in [0.29, 0.717) is 18.3 Å². The standard InChI is InChI=1S/C13H20N4O2/c1-11(16-7-3-2-4-8-16)9-15-12-5-6-14-10-13(12)17(18)19/h5-6,10-11H,2-4,7-9H2,1H3,(H,14,15). The van der Waals surface area contributed by atoms with Gasteiger partial charge in [-0.05, 0) is 38.9 Å². The van der Waals surface area contributed by atoms with Gasteiger partial charge >= 0.3 is 5.69 Å². The molecule has 1 atom stereocenters. The highest BCUT2D eigenvalue weighted by molar-refractivity contribution is 5.59. The van der Waals surface area contributed by atoms with E-state index in [2.05, 4.69) is 22.1 Å². The van der Waals surface area contributed by atoms with E-state index in [1.165, 1.54) is 25.5 Å². The average molecular weight is 264 g/mol. The van der Waals surface area contributed by atoms with Crippen molar-refractivity contribution >= 4 is 11.4 Å². The monoisotopic (exact) mass is 264 g/mol. The van der Waals surface area contributed by atoms with Crippen LogP contribution in [0.15, 0.2) is 18.5 Å². The van der Waals surface area contributed by atoms with Gasteiger partial charge in [0.15, 0.2) is 0 Å². The Morgan fingerprint density at radius 1 is 1.47 bits per heavy atom. The minimum Gasteiger partial charge on any atom is -0.378 e. The van der Waals surface area contributed by atoms with Crippen molar-refractivity contribution in [2.75, 3.05) is 25.0 Å². The van der Waals surface area contributed by atoms with Crippen LogP contribution in [0.25, 0.3) is 0 Å². The molecule has 1 unspecified atom stereocenters. The van der Waals surface area contributed by atoms with Crippen LogP contribution in [-0.4, -0.2) is 40.5 Å². The van der Waals surface area contributed by atoms with Gasteiger partial charge < -0.3 is 5.32 Å². The van der Waals surface area contributed by atoms with Crippen LogP contribution >= 0.6 is 0 Å². The van der Waals surface area contributed by atoms with Gasteiger partial charge in [0, 0.05) is 18.8 Å². The first-order valence-electron chi connectivity index (χ1n) is 6.75. The van der Waals surface area contributed by atoms with Crippen LogP contribution in [0.1, 0.15) is 26.2 Å². The van der Waals surface area contributed by atoms with E-state index in [4.69, 9.17) is 0 Å². The van der Waals surface area contributed by atoms with Gasteiger partial charge in [-0.3, -0.25) is 20.0 Å². The van der Waals surface area contributed by atoms with Gasteiger partial charge in [0.2, 0.25) is 0 Å². The van der Waals surface area contributed by atoms with Crippen LogP contribution in [0.5, 0.6) is 0 Å². The Kier molecular flexibility index (Phi) is 4.68. The zero-order valence-electron chi connectivity index (χ0n) is 11.2. The Labute approximate surface area is 113 Å². The second-order valence-corrected chi connectivity index (χ2v) is 4.98. The van der Waals surface area contributed by atoms with Gasteiger partial charge in [0.1, 0.15) is 11.9 Å². The number of piperidine rings is 1. The summed E-state index contributed by atoms with van der Waals surface area (Å²) in [5, 5.41) is 14.1. The first kappa shape index (κ1) is 13.7. The maximum Gasteiger partial charge on any atom is 0.310 e. The molecule has 0 bridgehead atoms. The zero-order chi connectivity index (χ0) is 13.7. The van der Waals surface area contributed by atoms with E-state index in [9.17, 15) is 10.1 Å². The lowest BCUT2D eigenvalue weighted by Crippen LogP contribution is -2.41. The number of likely N-dealkylation sites (tertiary alicyclic amines) is 1. The summed E-state index contributed by atoms with van der Waals surface area (Å²) in [6, 6.07) is 2.04. The molecule has 1 aromatic heterocycles. The zero-order valence-corrected chi connectivity index (χ0v) is 11.2. The van der Waals surface area contributed by atoms with Crippen molar-refractivity contribution in [3.05, 3.63) is 28.6 Å². The molecule has 1 aliphatic heterocycles. The van der Waals surface area contributed by atoms with Crippen molar-refractivity contribution in [1.82, 2.24) is 9.88 Å². The van der Waals surface area contributed by atoms with Gasteiger partial charge in [-0.2, -0.15) is 0 Å². The van der Waals surface area contributed by atoms with Gasteiger partial charge in [-0.15, -0.1) is 0 Å². The highest BCUT2D eigenvalue weighted by atomic mass is 16.6. The summed E-state index contributed by atoms with van der Waals surface area (Å²) in [6.07, 6.45) is 6.67. The third-order valence-corrected chi connectivity index (χ3v) is 3.60. The fraction of sp³-hybridized carbons (Fsp3) is 0.615. The highest BCUT2D eigenvalue weighted by Gasteiger charge is 2.18. The SMILES string of the molecule is CC(CNc1ccncc1[N+](=O)[O-])N1CCCCC1. The summed E-state index contributed by atoms with van der Waals surface area (Å²) in [5.41, 5.74) is 0.581. The molecule has 19 heavy (non-hydrogen) atoms. The number of hydrogen-bond donors (Lipinski definition) is 1. The van der Waals surface area contributed by atoms with Crippen molar-refractivity contribution < 1.29 is 4.92 Å². The first-order chi connectivity index (χ1) is 9.18. The lowest BCUT2D eigenvalue weighted by atomic mass is 10.1. The van der Waals surface area contributed by atoms with E-state index >= 15 is 0 Å². The number of anilines is 1.